The van der Waals surface area contributed by atoms with E-state index in [9.17, 15) is 0 Å². The van der Waals surface area contributed by atoms with Crippen LogP contribution in [0.15, 0.2) is 0 Å². The highest BCUT2D eigenvalue weighted by molar-refractivity contribution is 4.28. The van der Waals surface area contributed by atoms with Gasteiger partial charge >= 0.3 is 0 Å². The van der Waals surface area contributed by atoms with Gasteiger partial charge in [0.1, 0.15) is 0 Å². The molecule has 0 bridgehead atoms. The van der Waals surface area contributed by atoms with E-state index in [1.54, 1.807) is 0 Å². The Morgan fingerprint density at radius 3 is 2.50 bits per heavy atom. The van der Waals surface area contributed by atoms with Gasteiger partial charge in [-0.25, -0.2) is 0 Å². The molecule has 0 aliphatic carbocycles. The van der Waals surface area contributed by atoms with Crippen LogP contribution in [0.2, 0.25) is 0 Å². The molecule has 0 unspecified atom stereocenters. The van der Waals surface area contributed by atoms with Crippen molar-refractivity contribution in [2.45, 2.75) is 26.2 Å². The predicted molar refractivity (Wildman–Crippen MR) is 29.1 cm³/mol. The normalized spacial score (nSPS) is 10.5. The molecule has 0 saturated heterocycles. The molecule has 0 radical (unpaired) electrons. The lowest BCUT2D eigenvalue weighted by molar-refractivity contribution is -0.234. The number of hydrogen-bond acceptors (Lipinski definition) is 3. The van der Waals surface area contributed by atoms with Crippen molar-refractivity contribution in [1.82, 2.24) is 0 Å². The second-order valence-electron chi connectivity index (χ2n) is 1.55. The number of aliphatic hydroxyl groups is 2. The zero-order chi connectivity index (χ0) is 6.41. The smallest absolute Gasteiger partial charge is 0.266 e. The Morgan fingerprint density at radius 2 is 2.12 bits per heavy atom. The molecule has 0 heterocycles. The monoisotopic (exact) mass is 120 g/mol. The number of aliphatic hydroxyl groups excluding tert-OH is 1. The lowest BCUT2D eigenvalue weighted by atomic mass is 10.4. The largest absolute Gasteiger partial charge is 0.346 e. The zero-order valence-corrected chi connectivity index (χ0v) is 5.00. The fraction of sp³-hybridized carbons (Fsp3) is 1.00. The molecule has 0 aromatic carbocycles. The number of rotatable bonds is 4. The Kier molecular flexibility index (Phi) is 4.95. The van der Waals surface area contributed by atoms with Gasteiger partial charge in [0.2, 0.25) is 0 Å². The highest BCUT2D eigenvalue weighted by atomic mass is 16.7. The fourth-order valence-electron chi connectivity index (χ4n) is 0.333. The van der Waals surface area contributed by atoms with Crippen LogP contribution in [-0.2, 0) is 4.74 Å². The Morgan fingerprint density at radius 1 is 1.50 bits per heavy atom. The molecule has 0 spiro atoms. The molecule has 3 nitrogen and oxygen atoms in total. The van der Waals surface area contributed by atoms with Gasteiger partial charge in [-0.2, -0.15) is 0 Å². The van der Waals surface area contributed by atoms with Gasteiger partial charge in [0.05, 0.1) is 6.61 Å². The summed E-state index contributed by atoms with van der Waals surface area (Å²) in [4.78, 5) is 0. The first-order valence-electron chi connectivity index (χ1n) is 2.75. The van der Waals surface area contributed by atoms with E-state index in [-0.39, 0.29) is 0 Å². The van der Waals surface area contributed by atoms with Crippen molar-refractivity contribution >= 4 is 0 Å². The summed E-state index contributed by atoms with van der Waals surface area (Å²) in [5, 5.41) is 16.2. The van der Waals surface area contributed by atoms with Crippen molar-refractivity contribution in [1.29, 1.82) is 0 Å². The van der Waals surface area contributed by atoms with Crippen molar-refractivity contribution in [2.75, 3.05) is 6.61 Å². The molecule has 3 heteroatoms. The van der Waals surface area contributed by atoms with Crippen LogP contribution in [0.3, 0.4) is 0 Å². The van der Waals surface area contributed by atoms with Crippen LogP contribution < -0.4 is 0 Å². The molecule has 2 N–H and O–H groups in total. The topological polar surface area (TPSA) is 49.7 Å². The van der Waals surface area contributed by atoms with Crippen LogP contribution in [0, 0.1) is 0 Å². The molecule has 8 heavy (non-hydrogen) atoms. The molecule has 0 aromatic heterocycles. The van der Waals surface area contributed by atoms with Gasteiger partial charge in [0, 0.05) is 0 Å². The summed E-state index contributed by atoms with van der Waals surface area (Å²) in [6.45, 7) is 0.836. The van der Waals surface area contributed by atoms with Crippen molar-refractivity contribution in [3.63, 3.8) is 0 Å². The van der Waals surface area contributed by atoms with Crippen LogP contribution in [0.5, 0.6) is 0 Å². The average Bonchev–Trinajstić information content (AvgIpc) is 1.66. The van der Waals surface area contributed by atoms with E-state index in [2.05, 4.69) is 4.74 Å². The van der Waals surface area contributed by atoms with E-state index in [0.29, 0.717) is 6.61 Å². The summed E-state index contributed by atoms with van der Waals surface area (Å²) in [5.41, 5.74) is 0. The molecule has 0 aliphatic rings. The summed E-state index contributed by atoms with van der Waals surface area (Å²) >= 11 is 0. The predicted octanol–water partition coefficient (Wildman–Crippen LogP) is 0.0713. The standard InChI is InChI=1S/C5H12O3/c1-2-3-4-8-5(6)7/h5-7H,2-4H2,1H3. The molecule has 0 amide bonds. The van der Waals surface area contributed by atoms with Gasteiger partial charge in [0.15, 0.2) is 0 Å². The SMILES string of the molecule is CCCCOC(O)O. The summed E-state index contributed by atoms with van der Waals surface area (Å²) in [6, 6.07) is 0. The van der Waals surface area contributed by atoms with Crippen LogP contribution >= 0.6 is 0 Å². The molecular formula is C5H12O3. The van der Waals surface area contributed by atoms with Crippen LogP contribution in [0.25, 0.3) is 0 Å². The van der Waals surface area contributed by atoms with Gasteiger partial charge in [-0.15, -0.1) is 0 Å². The third-order valence-corrected chi connectivity index (χ3v) is 0.765. The Labute approximate surface area is 48.9 Å². The zero-order valence-electron chi connectivity index (χ0n) is 5.00. The quantitative estimate of drug-likeness (QED) is 0.408. The minimum atomic E-state index is -1.60. The molecule has 0 aromatic rings. The van der Waals surface area contributed by atoms with Gasteiger partial charge < -0.3 is 14.9 Å². The van der Waals surface area contributed by atoms with E-state index in [1.165, 1.54) is 0 Å². The molecule has 50 valence electrons. The van der Waals surface area contributed by atoms with Gasteiger partial charge in [-0.3, -0.25) is 0 Å². The number of ether oxygens (including phenoxy) is 1. The minimum absolute atomic E-state index is 0.425. The summed E-state index contributed by atoms with van der Waals surface area (Å²) < 4.78 is 4.39. The lowest BCUT2D eigenvalue weighted by Crippen LogP contribution is -2.10. The summed E-state index contributed by atoms with van der Waals surface area (Å²) in [6.07, 6.45) is 1.88. The number of unbranched alkanes of at least 4 members (excludes halogenated alkanes) is 1. The third-order valence-electron chi connectivity index (χ3n) is 0.765. The van der Waals surface area contributed by atoms with Crippen LogP contribution in [0.4, 0.5) is 0 Å². The molecule has 0 rings (SSSR count). The maximum Gasteiger partial charge on any atom is 0.266 e. The van der Waals surface area contributed by atoms with Crippen LogP contribution in [0.1, 0.15) is 19.8 Å². The van der Waals surface area contributed by atoms with Crippen molar-refractivity contribution < 1.29 is 14.9 Å². The first kappa shape index (κ1) is 7.88. The Balaban J connectivity index is 2.72. The van der Waals surface area contributed by atoms with E-state index >= 15 is 0 Å². The van der Waals surface area contributed by atoms with Gasteiger partial charge in [0.25, 0.3) is 6.48 Å². The maximum atomic E-state index is 8.11. The lowest BCUT2D eigenvalue weighted by Gasteiger charge is -2.02. The van der Waals surface area contributed by atoms with Crippen molar-refractivity contribution in [3.05, 3.63) is 0 Å². The van der Waals surface area contributed by atoms with E-state index in [0.717, 1.165) is 12.8 Å². The van der Waals surface area contributed by atoms with E-state index in [1.807, 2.05) is 6.92 Å². The molecule has 0 saturated carbocycles. The first-order chi connectivity index (χ1) is 3.77. The molecular weight excluding hydrogens is 108 g/mol. The maximum absolute atomic E-state index is 8.11. The summed E-state index contributed by atoms with van der Waals surface area (Å²) in [7, 11) is 0. The highest BCUT2D eigenvalue weighted by Gasteiger charge is 1.92. The highest BCUT2D eigenvalue weighted by Crippen LogP contribution is 1.88. The minimum Gasteiger partial charge on any atom is -0.346 e. The fourth-order valence-corrected chi connectivity index (χ4v) is 0.333. The van der Waals surface area contributed by atoms with Crippen molar-refractivity contribution in [2.24, 2.45) is 0 Å². The molecule has 0 aliphatic heterocycles. The van der Waals surface area contributed by atoms with E-state index < -0.39 is 6.48 Å². The van der Waals surface area contributed by atoms with Crippen LogP contribution in [-0.4, -0.2) is 23.3 Å². The molecule has 0 fully saturated rings. The third kappa shape index (κ3) is 5.88. The summed E-state index contributed by atoms with van der Waals surface area (Å²) in [5.74, 6) is 0. The second-order valence-corrected chi connectivity index (χ2v) is 1.55. The molecule has 0 atom stereocenters. The van der Waals surface area contributed by atoms with Gasteiger partial charge in [-0.1, -0.05) is 13.3 Å². The Bertz CT molecular complexity index is 44.9. The number of hydrogen-bond donors (Lipinski definition) is 2. The van der Waals surface area contributed by atoms with Gasteiger partial charge in [-0.05, 0) is 6.42 Å². The van der Waals surface area contributed by atoms with E-state index in [4.69, 9.17) is 10.2 Å². The second kappa shape index (κ2) is 5.03. The Hall–Kier alpha value is -0.120. The first-order valence-corrected chi connectivity index (χ1v) is 2.75. The average molecular weight is 120 g/mol. The van der Waals surface area contributed by atoms with Crippen molar-refractivity contribution in [3.8, 4) is 0 Å².